The fourth-order valence-electron chi connectivity index (χ4n) is 3.47. The van der Waals surface area contributed by atoms with Crippen molar-refractivity contribution in [3.8, 4) is 0 Å². The van der Waals surface area contributed by atoms with E-state index in [0.717, 1.165) is 48.4 Å². The summed E-state index contributed by atoms with van der Waals surface area (Å²) in [6, 6.07) is 14.1. The fourth-order valence-corrected chi connectivity index (χ4v) is 5.18. The normalized spacial score (nSPS) is 16.7. The highest BCUT2D eigenvalue weighted by Gasteiger charge is 2.23. The Morgan fingerprint density at radius 2 is 1.90 bits per heavy atom. The molecule has 1 aliphatic heterocycles. The van der Waals surface area contributed by atoms with Gasteiger partial charge in [0.25, 0.3) is 0 Å². The van der Waals surface area contributed by atoms with Crippen molar-refractivity contribution >= 4 is 27.3 Å². The first-order valence-corrected chi connectivity index (χ1v) is 12.3. The third-order valence-corrected chi connectivity index (χ3v) is 7.39. The zero-order chi connectivity index (χ0) is 20.7. The smallest absolute Gasteiger partial charge is 0.247 e. The maximum absolute atomic E-state index is 11.4. The minimum atomic E-state index is -3.66. The van der Waals surface area contributed by atoms with E-state index in [1.807, 2.05) is 13.0 Å². The first-order valence-electron chi connectivity index (χ1n) is 9.90. The van der Waals surface area contributed by atoms with Crippen molar-refractivity contribution < 1.29 is 8.42 Å². The van der Waals surface area contributed by atoms with Gasteiger partial charge in [0.1, 0.15) is 4.21 Å². The summed E-state index contributed by atoms with van der Waals surface area (Å²) in [5, 5.41) is 11.9. The number of primary sulfonamides is 1. The van der Waals surface area contributed by atoms with Crippen molar-refractivity contribution in [2.75, 3.05) is 26.2 Å². The van der Waals surface area contributed by atoms with Gasteiger partial charge in [-0.05, 0) is 50.6 Å². The maximum Gasteiger partial charge on any atom is 0.247 e. The molecule has 0 spiro atoms. The Labute approximate surface area is 177 Å². The van der Waals surface area contributed by atoms with Crippen LogP contribution in [0.4, 0.5) is 0 Å². The highest BCUT2D eigenvalue weighted by Crippen LogP contribution is 2.24. The molecule has 1 atom stereocenters. The number of benzene rings is 1. The summed E-state index contributed by atoms with van der Waals surface area (Å²) in [7, 11) is -3.66. The Bertz CT molecular complexity index is 906. The zero-order valence-corrected chi connectivity index (χ0v) is 18.3. The lowest BCUT2D eigenvalue weighted by molar-refractivity contribution is 0.245. The highest BCUT2D eigenvalue weighted by atomic mass is 32.2. The number of nitrogens with two attached hydrogens (primary N) is 1. The monoisotopic (exact) mass is 435 g/mol. The molecule has 1 aliphatic rings. The first kappa shape index (κ1) is 21.8. The molecule has 1 aromatic carbocycles. The van der Waals surface area contributed by atoms with Crippen molar-refractivity contribution in [3.05, 3.63) is 52.9 Å². The van der Waals surface area contributed by atoms with Crippen molar-refractivity contribution in [2.45, 2.75) is 36.6 Å². The van der Waals surface area contributed by atoms with Crippen LogP contribution >= 0.6 is 11.3 Å². The van der Waals surface area contributed by atoms with Crippen molar-refractivity contribution in [3.63, 3.8) is 0 Å². The van der Waals surface area contributed by atoms with E-state index in [0.29, 0.717) is 12.6 Å². The summed E-state index contributed by atoms with van der Waals surface area (Å²) >= 11 is 1.16. The van der Waals surface area contributed by atoms with Gasteiger partial charge in [0.05, 0.1) is 12.6 Å². The molecule has 158 valence electrons. The molecule has 9 heteroatoms. The average molecular weight is 436 g/mol. The Morgan fingerprint density at radius 3 is 2.52 bits per heavy atom. The van der Waals surface area contributed by atoms with Gasteiger partial charge in [-0.25, -0.2) is 18.5 Å². The molecule has 0 amide bonds. The van der Waals surface area contributed by atoms with Gasteiger partial charge >= 0.3 is 0 Å². The minimum absolute atomic E-state index is 0.166. The molecular formula is C20H29N5O2S2. The number of likely N-dealkylation sites (tertiary alicyclic amines) is 1. The van der Waals surface area contributed by atoms with Crippen LogP contribution in [0.2, 0.25) is 0 Å². The number of rotatable bonds is 8. The molecule has 7 nitrogen and oxygen atoms in total. The molecule has 29 heavy (non-hydrogen) atoms. The van der Waals surface area contributed by atoms with E-state index in [1.54, 1.807) is 6.07 Å². The van der Waals surface area contributed by atoms with Gasteiger partial charge in [-0.15, -0.1) is 11.3 Å². The van der Waals surface area contributed by atoms with Crippen LogP contribution in [0, 0.1) is 0 Å². The molecule has 1 fully saturated rings. The molecular weight excluding hydrogens is 406 g/mol. The van der Waals surface area contributed by atoms with Crippen LogP contribution in [0.3, 0.4) is 0 Å². The molecule has 2 aromatic rings. The predicted octanol–water partition coefficient (Wildman–Crippen LogP) is 2.29. The summed E-state index contributed by atoms with van der Waals surface area (Å²) in [6.45, 7) is 6.15. The highest BCUT2D eigenvalue weighted by molar-refractivity contribution is 7.91. The largest absolute Gasteiger partial charge is 0.357 e. The number of hydrogen-bond acceptors (Lipinski definition) is 5. The number of hydrogen-bond donors (Lipinski definition) is 3. The number of aliphatic imine (C=N–C) groups is 1. The van der Waals surface area contributed by atoms with Crippen LogP contribution in [-0.4, -0.2) is 45.5 Å². The second-order valence-electron chi connectivity index (χ2n) is 7.01. The van der Waals surface area contributed by atoms with E-state index in [-0.39, 0.29) is 4.21 Å². The lowest BCUT2D eigenvalue weighted by Gasteiger charge is -2.29. The molecule has 1 aromatic heterocycles. The number of nitrogens with one attached hydrogen (secondary N) is 2. The van der Waals surface area contributed by atoms with E-state index in [2.05, 4.69) is 44.8 Å². The van der Waals surface area contributed by atoms with Gasteiger partial charge in [0.2, 0.25) is 10.0 Å². The number of nitrogens with zero attached hydrogens (tertiary/aromatic N) is 2. The third-order valence-electron chi connectivity index (χ3n) is 4.88. The summed E-state index contributed by atoms with van der Waals surface area (Å²) in [6.07, 6.45) is 2.48. The van der Waals surface area contributed by atoms with E-state index in [4.69, 9.17) is 5.14 Å². The minimum Gasteiger partial charge on any atom is -0.357 e. The van der Waals surface area contributed by atoms with E-state index in [1.165, 1.54) is 24.5 Å². The lowest BCUT2D eigenvalue weighted by atomic mass is 10.1. The summed E-state index contributed by atoms with van der Waals surface area (Å²) in [5.74, 6) is 0.721. The topological polar surface area (TPSA) is 99.8 Å². The van der Waals surface area contributed by atoms with Crippen LogP contribution in [0.15, 0.2) is 51.7 Å². The molecule has 1 unspecified atom stereocenters. The molecule has 0 saturated carbocycles. The number of guanidine groups is 1. The fraction of sp³-hybridized carbons (Fsp3) is 0.450. The van der Waals surface area contributed by atoms with Crippen LogP contribution in [0.5, 0.6) is 0 Å². The van der Waals surface area contributed by atoms with Gasteiger partial charge in [0, 0.05) is 18.0 Å². The van der Waals surface area contributed by atoms with Gasteiger partial charge < -0.3 is 10.6 Å². The number of thiophene rings is 1. The van der Waals surface area contributed by atoms with Gasteiger partial charge in [0.15, 0.2) is 5.96 Å². The van der Waals surface area contributed by atoms with Gasteiger partial charge in [-0.2, -0.15) is 0 Å². The Hall–Kier alpha value is -1.94. The van der Waals surface area contributed by atoms with Crippen LogP contribution < -0.4 is 15.8 Å². The quantitative estimate of drug-likeness (QED) is 0.436. The van der Waals surface area contributed by atoms with Crippen LogP contribution in [0.25, 0.3) is 0 Å². The molecule has 0 aliphatic carbocycles. The summed E-state index contributed by atoms with van der Waals surface area (Å²) < 4.78 is 23.1. The van der Waals surface area contributed by atoms with Gasteiger partial charge in [-0.3, -0.25) is 4.90 Å². The summed E-state index contributed by atoms with van der Waals surface area (Å²) in [4.78, 5) is 7.99. The van der Waals surface area contributed by atoms with Crippen molar-refractivity contribution in [1.29, 1.82) is 0 Å². The van der Waals surface area contributed by atoms with Crippen LogP contribution in [-0.2, 0) is 16.6 Å². The SMILES string of the molecule is CCNC(=NCc1ccc(S(N)(=O)=O)s1)NCC(c1ccccc1)N1CCCC1. The molecule has 4 N–H and O–H groups in total. The molecule has 2 heterocycles. The Morgan fingerprint density at radius 1 is 1.17 bits per heavy atom. The third kappa shape index (κ3) is 6.27. The average Bonchev–Trinajstić information content (AvgIpc) is 3.39. The van der Waals surface area contributed by atoms with Crippen molar-refractivity contribution in [2.24, 2.45) is 10.1 Å². The molecule has 0 radical (unpaired) electrons. The maximum atomic E-state index is 11.4. The van der Waals surface area contributed by atoms with Crippen molar-refractivity contribution in [1.82, 2.24) is 15.5 Å². The second kappa shape index (κ2) is 10.2. The summed E-state index contributed by atoms with van der Waals surface area (Å²) in [5.41, 5.74) is 1.30. The Balaban J connectivity index is 1.68. The van der Waals surface area contributed by atoms with Gasteiger partial charge in [-0.1, -0.05) is 30.3 Å². The second-order valence-corrected chi connectivity index (χ2v) is 9.97. The predicted molar refractivity (Wildman–Crippen MR) is 119 cm³/mol. The first-order chi connectivity index (χ1) is 14.0. The van der Waals surface area contributed by atoms with E-state index in [9.17, 15) is 8.42 Å². The molecule has 0 bridgehead atoms. The number of sulfonamides is 1. The molecule has 3 rings (SSSR count). The standard InChI is InChI=1S/C20H29N5O2S2/c1-2-22-20(23-14-17-10-11-19(28-17)29(21,26)27)24-15-18(25-12-6-7-13-25)16-8-4-3-5-9-16/h3-5,8-11,18H,2,6-7,12-15H2,1H3,(H2,21,26,27)(H2,22,23,24). The zero-order valence-electron chi connectivity index (χ0n) is 16.7. The Kier molecular flexibility index (Phi) is 7.65. The van der Waals surface area contributed by atoms with E-state index >= 15 is 0 Å². The van der Waals surface area contributed by atoms with E-state index < -0.39 is 10.0 Å². The molecule has 1 saturated heterocycles. The lowest BCUT2D eigenvalue weighted by Crippen LogP contribution is -2.42. The van der Waals surface area contributed by atoms with Crippen LogP contribution in [0.1, 0.15) is 36.2 Å².